The summed E-state index contributed by atoms with van der Waals surface area (Å²) >= 11 is 5.84. The molecule has 2 aromatic rings. The SMILES string of the molecule is COc1cc(C=NNC(=O)c2ccccc2O)cc(Cl)c1O. The molecule has 6 nitrogen and oxygen atoms in total. The molecule has 0 radical (unpaired) electrons. The molecule has 0 fully saturated rings. The molecule has 0 aromatic heterocycles. The van der Waals surface area contributed by atoms with Crippen molar-refractivity contribution in [2.45, 2.75) is 0 Å². The Bertz CT molecular complexity index is 731. The van der Waals surface area contributed by atoms with Gasteiger partial charge in [-0.1, -0.05) is 23.7 Å². The minimum Gasteiger partial charge on any atom is -0.507 e. The van der Waals surface area contributed by atoms with Crippen molar-refractivity contribution in [3.05, 3.63) is 52.5 Å². The van der Waals surface area contributed by atoms with Gasteiger partial charge >= 0.3 is 0 Å². The van der Waals surface area contributed by atoms with Crippen molar-refractivity contribution in [2.24, 2.45) is 5.10 Å². The molecule has 1 amide bonds. The van der Waals surface area contributed by atoms with Crippen molar-refractivity contribution in [1.29, 1.82) is 0 Å². The average molecular weight is 321 g/mol. The van der Waals surface area contributed by atoms with Crippen LogP contribution in [0.15, 0.2) is 41.5 Å². The van der Waals surface area contributed by atoms with Gasteiger partial charge in [0.15, 0.2) is 11.5 Å². The first-order chi connectivity index (χ1) is 10.5. The Hall–Kier alpha value is -2.73. The molecule has 114 valence electrons. The van der Waals surface area contributed by atoms with Gasteiger partial charge in [-0.3, -0.25) is 4.79 Å². The second-order valence-corrected chi connectivity index (χ2v) is 4.68. The van der Waals surface area contributed by atoms with Gasteiger partial charge in [0, 0.05) is 0 Å². The number of nitrogens with one attached hydrogen (secondary N) is 1. The Labute approximate surface area is 131 Å². The monoisotopic (exact) mass is 320 g/mol. The lowest BCUT2D eigenvalue weighted by Gasteiger charge is -2.06. The van der Waals surface area contributed by atoms with Crippen molar-refractivity contribution in [3.8, 4) is 17.2 Å². The predicted octanol–water partition coefficient (Wildman–Crippen LogP) is 2.52. The molecule has 7 heteroatoms. The van der Waals surface area contributed by atoms with E-state index in [0.29, 0.717) is 5.56 Å². The Morgan fingerprint density at radius 2 is 2.05 bits per heavy atom. The first-order valence-electron chi connectivity index (χ1n) is 6.21. The summed E-state index contributed by atoms with van der Waals surface area (Å²) in [6.07, 6.45) is 1.34. The normalized spacial score (nSPS) is 10.6. The number of hydrazone groups is 1. The standard InChI is InChI=1S/C15H13ClN2O4/c1-22-13-7-9(6-11(16)14(13)20)8-17-18-15(21)10-4-2-3-5-12(10)19/h2-8,19-20H,1H3,(H,18,21). The van der Waals surface area contributed by atoms with Crippen molar-refractivity contribution in [3.63, 3.8) is 0 Å². The molecule has 0 heterocycles. The molecular weight excluding hydrogens is 308 g/mol. The van der Waals surface area contributed by atoms with Gasteiger partial charge in [0.2, 0.25) is 0 Å². The number of para-hydroxylation sites is 1. The third-order valence-corrected chi connectivity index (χ3v) is 3.09. The maximum Gasteiger partial charge on any atom is 0.275 e. The fourth-order valence-corrected chi connectivity index (χ4v) is 1.93. The Balaban J connectivity index is 2.12. The fraction of sp³-hybridized carbons (Fsp3) is 0.0667. The second kappa shape index (κ2) is 6.82. The third kappa shape index (κ3) is 3.48. The largest absolute Gasteiger partial charge is 0.507 e. The van der Waals surface area contributed by atoms with Crippen LogP contribution in [0.3, 0.4) is 0 Å². The molecule has 22 heavy (non-hydrogen) atoms. The third-order valence-electron chi connectivity index (χ3n) is 2.80. The maximum atomic E-state index is 11.8. The number of phenolic OH excluding ortho intramolecular Hbond substituents is 2. The van der Waals surface area contributed by atoms with Crippen molar-refractivity contribution < 1.29 is 19.7 Å². The van der Waals surface area contributed by atoms with Gasteiger partial charge in [0.05, 0.1) is 23.9 Å². The van der Waals surface area contributed by atoms with E-state index in [4.69, 9.17) is 16.3 Å². The molecule has 2 aromatic carbocycles. The number of ether oxygens (including phenoxy) is 1. The van der Waals surface area contributed by atoms with Crippen LogP contribution in [0, 0.1) is 0 Å². The molecule has 0 bridgehead atoms. The van der Waals surface area contributed by atoms with E-state index in [-0.39, 0.29) is 27.8 Å². The van der Waals surface area contributed by atoms with Crippen LogP contribution in [-0.2, 0) is 0 Å². The van der Waals surface area contributed by atoms with Crippen LogP contribution >= 0.6 is 11.6 Å². The minimum atomic E-state index is -0.550. The van der Waals surface area contributed by atoms with E-state index < -0.39 is 5.91 Å². The predicted molar refractivity (Wildman–Crippen MR) is 82.8 cm³/mol. The van der Waals surface area contributed by atoms with E-state index in [1.54, 1.807) is 12.1 Å². The summed E-state index contributed by atoms with van der Waals surface area (Å²) in [6, 6.07) is 9.10. The van der Waals surface area contributed by atoms with Gasteiger partial charge < -0.3 is 14.9 Å². The summed E-state index contributed by atoms with van der Waals surface area (Å²) in [7, 11) is 1.40. The molecule has 0 unspecified atom stereocenters. The summed E-state index contributed by atoms with van der Waals surface area (Å²) < 4.78 is 4.96. The van der Waals surface area contributed by atoms with Crippen LogP contribution in [0.1, 0.15) is 15.9 Å². The van der Waals surface area contributed by atoms with Crippen LogP contribution in [0.25, 0.3) is 0 Å². The second-order valence-electron chi connectivity index (χ2n) is 4.27. The smallest absolute Gasteiger partial charge is 0.275 e. The number of carbonyl (C=O) groups is 1. The Kier molecular flexibility index (Phi) is 4.85. The molecule has 0 saturated heterocycles. The summed E-state index contributed by atoms with van der Waals surface area (Å²) in [5.74, 6) is -0.656. The number of methoxy groups -OCH3 is 1. The highest BCUT2D eigenvalue weighted by atomic mass is 35.5. The van der Waals surface area contributed by atoms with E-state index in [2.05, 4.69) is 10.5 Å². The van der Waals surface area contributed by atoms with Crippen LogP contribution in [-0.4, -0.2) is 29.4 Å². The van der Waals surface area contributed by atoms with E-state index >= 15 is 0 Å². The number of halogens is 1. The number of amides is 1. The lowest BCUT2D eigenvalue weighted by atomic mass is 10.2. The molecule has 0 aliphatic carbocycles. The average Bonchev–Trinajstić information content (AvgIpc) is 2.50. The topological polar surface area (TPSA) is 91.2 Å². The molecule has 2 rings (SSSR count). The van der Waals surface area contributed by atoms with Crippen molar-refractivity contribution in [2.75, 3.05) is 7.11 Å². The fourth-order valence-electron chi connectivity index (χ4n) is 1.72. The van der Waals surface area contributed by atoms with Gasteiger partial charge in [-0.25, -0.2) is 5.43 Å². The molecule has 0 aliphatic heterocycles. The van der Waals surface area contributed by atoms with Gasteiger partial charge in [-0.15, -0.1) is 0 Å². The molecule has 0 atom stereocenters. The number of aromatic hydroxyl groups is 2. The van der Waals surface area contributed by atoms with Crippen LogP contribution in [0.4, 0.5) is 0 Å². The van der Waals surface area contributed by atoms with Crippen LogP contribution < -0.4 is 10.2 Å². The van der Waals surface area contributed by atoms with E-state index in [9.17, 15) is 15.0 Å². The van der Waals surface area contributed by atoms with Crippen molar-refractivity contribution >= 4 is 23.7 Å². The first kappa shape index (κ1) is 15.7. The molecule has 0 aliphatic rings. The number of phenols is 2. The van der Waals surface area contributed by atoms with Crippen LogP contribution in [0.5, 0.6) is 17.2 Å². The highest BCUT2D eigenvalue weighted by Crippen LogP contribution is 2.34. The van der Waals surface area contributed by atoms with Gasteiger partial charge in [0.25, 0.3) is 5.91 Å². The molecule has 0 spiro atoms. The number of rotatable bonds is 4. The Morgan fingerprint density at radius 1 is 1.32 bits per heavy atom. The zero-order valence-corrected chi connectivity index (χ0v) is 12.3. The first-order valence-corrected chi connectivity index (χ1v) is 6.58. The lowest BCUT2D eigenvalue weighted by molar-refractivity contribution is 0.0952. The van der Waals surface area contributed by atoms with E-state index in [1.807, 2.05) is 0 Å². The zero-order chi connectivity index (χ0) is 16.1. The van der Waals surface area contributed by atoms with Gasteiger partial charge in [-0.2, -0.15) is 5.10 Å². The highest BCUT2D eigenvalue weighted by Gasteiger charge is 2.10. The van der Waals surface area contributed by atoms with Crippen LogP contribution in [0.2, 0.25) is 5.02 Å². The number of carbonyl (C=O) groups excluding carboxylic acids is 1. The number of nitrogens with zero attached hydrogens (tertiary/aromatic N) is 1. The summed E-state index contributed by atoms with van der Waals surface area (Å²) in [5.41, 5.74) is 2.92. The zero-order valence-electron chi connectivity index (χ0n) is 11.6. The number of hydrogen-bond donors (Lipinski definition) is 3. The Morgan fingerprint density at radius 3 is 2.73 bits per heavy atom. The number of hydrogen-bond acceptors (Lipinski definition) is 5. The van der Waals surface area contributed by atoms with E-state index in [1.165, 1.54) is 37.6 Å². The minimum absolute atomic E-state index is 0.104. The molecular formula is C15H13ClN2O4. The lowest BCUT2D eigenvalue weighted by Crippen LogP contribution is -2.17. The van der Waals surface area contributed by atoms with Gasteiger partial charge in [0.1, 0.15) is 5.75 Å². The van der Waals surface area contributed by atoms with E-state index in [0.717, 1.165) is 0 Å². The summed E-state index contributed by atoms with van der Waals surface area (Å²) in [4.78, 5) is 11.8. The summed E-state index contributed by atoms with van der Waals surface area (Å²) in [5, 5.41) is 23.1. The van der Waals surface area contributed by atoms with Crippen molar-refractivity contribution in [1.82, 2.24) is 5.43 Å². The summed E-state index contributed by atoms with van der Waals surface area (Å²) in [6.45, 7) is 0. The molecule has 0 saturated carbocycles. The maximum absolute atomic E-state index is 11.8. The molecule has 3 N–H and O–H groups in total. The van der Waals surface area contributed by atoms with Gasteiger partial charge in [-0.05, 0) is 29.8 Å². The number of benzene rings is 2. The quantitative estimate of drug-likeness (QED) is 0.596. The highest BCUT2D eigenvalue weighted by molar-refractivity contribution is 6.32.